The van der Waals surface area contributed by atoms with Crippen LogP contribution in [0.5, 0.6) is 0 Å². The standard InChI is InChI=1S/C20H22F2N2O3S/c21-16-5-7-19(8-6-16)28(26,27)24-12-10-15(11-13-24)4-9-20(25)23-18-3-1-2-17(22)14-18/h1-3,5-8,14-15H,4,9-13H2,(H,23,25). The summed E-state index contributed by atoms with van der Waals surface area (Å²) < 4.78 is 52.8. The minimum Gasteiger partial charge on any atom is -0.326 e. The maximum absolute atomic E-state index is 13.1. The van der Waals surface area contributed by atoms with Gasteiger partial charge < -0.3 is 5.32 Å². The van der Waals surface area contributed by atoms with Crippen molar-refractivity contribution in [3.05, 3.63) is 60.2 Å². The topological polar surface area (TPSA) is 66.5 Å². The van der Waals surface area contributed by atoms with Gasteiger partial charge in [-0.25, -0.2) is 17.2 Å². The summed E-state index contributed by atoms with van der Waals surface area (Å²) >= 11 is 0. The van der Waals surface area contributed by atoms with E-state index in [4.69, 9.17) is 0 Å². The zero-order valence-corrected chi connectivity index (χ0v) is 16.1. The highest BCUT2D eigenvalue weighted by molar-refractivity contribution is 7.89. The molecular formula is C20H22F2N2O3S. The number of hydrogen-bond donors (Lipinski definition) is 1. The Morgan fingerprint density at radius 2 is 1.71 bits per heavy atom. The second-order valence-corrected chi connectivity index (χ2v) is 8.84. The molecule has 0 radical (unpaired) electrons. The lowest BCUT2D eigenvalue weighted by Gasteiger charge is -2.31. The molecule has 1 amide bonds. The molecule has 0 atom stereocenters. The van der Waals surface area contributed by atoms with E-state index in [1.54, 1.807) is 6.07 Å². The van der Waals surface area contributed by atoms with E-state index in [1.807, 2.05) is 0 Å². The first kappa shape index (κ1) is 20.4. The molecule has 1 saturated heterocycles. The SMILES string of the molecule is O=C(CCC1CCN(S(=O)(=O)c2ccc(F)cc2)CC1)Nc1cccc(F)c1. The van der Waals surface area contributed by atoms with Crippen molar-refractivity contribution in [2.45, 2.75) is 30.6 Å². The molecule has 150 valence electrons. The summed E-state index contributed by atoms with van der Waals surface area (Å²) in [5.74, 6) is -0.827. The van der Waals surface area contributed by atoms with Gasteiger partial charge in [-0.15, -0.1) is 0 Å². The molecular weight excluding hydrogens is 386 g/mol. The molecule has 3 rings (SSSR count). The minimum absolute atomic E-state index is 0.0850. The van der Waals surface area contributed by atoms with Crippen LogP contribution in [0.25, 0.3) is 0 Å². The Bertz CT molecular complexity index is 925. The molecule has 0 unspecified atom stereocenters. The lowest BCUT2D eigenvalue weighted by molar-refractivity contribution is -0.116. The van der Waals surface area contributed by atoms with Crippen molar-refractivity contribution in [2.24, 2.45) is 5.92 Å². The zero-order chi connectivity index (χ0) is 20.1. The fourth-order valence-electron chi connectivity index (χ4n) is 3.32. The van der Waals surface area contributed by atoms with Crippen molar-refractivity contribution in [3.63, 3.8) is 0 Å². The predicted molar refractivity (Wildman–Crippen MR) is 102 cm³/mol. The summed E-state index contributed by atoms with van der Waals surface area (Å²) in [5, 5.41) is 2.67. The number of sulfonamides is 1. The molecule has 1 aliphatic heterocycles. The fourth-order valence-corrected chi connectivity index (χ4v) is 4.79. The van der Waals surface area contributed by atoms with E-state index >= 15 is 0 Å². The predicted octanol–water partition coefficient (Wildman–Crippen LogP) is 3.78. The Morgan fingerprint density at radius 3 is 2.36 bits per heavy atom. The van der Waals surface area contributed by atoms with Crippen LogP contribution in [0.2, 0.25) is 0 Å². The van der Waals surface area contributed by atoms with E-state index in [0.29, 0.717) is 44.5 Å². The average molecular weight is 408 g/mol. The van der Waals surface area contributed by atoms with Crippen molar-refractivity contribution >= 4 is 21.6 Å². The molecule has 5 nitrogen and oxygen atoms in total. The first-order valence-electron chi connectivity index (χ1n) is 9.16. The average Bonchev–Trinajstić information content (AvgIpc) is 2.67. The lowest BCUT2D eigenvalue weighted by atomic mass is 9.93. The van der Waals surface area contributed by atoms with E-state index in [0.717, 1.165) is 12.1 Å². The molecule has 1 aliphatic rings. The van der Waals surface area contributed by atoms with Crippen molar-refractivity contribution in [3.8, 4) is 0 Å². The summed E-state index contributed by atoms with van der Waals surface area (Å²) in [7, 11) is -3.63. The number of amides is 1. The molecule has 1 heterocycles. The quantitative estimate of drug-likeness (QED) is 0.791. The second-order valence-electron chi connectivity index (χ2n) is 6.90. The first-order chi connectivity index (χ1) is 13.3. The summed E-state index contributed by atoms with van der Waals surface area (Å²) in [4.78, 5) is 12.1. The third kappa shape index (κ3) is 5.14. The third-order valence-electron chi connectivity index (χ3n) is 4.91. The highest BCUT2D eigenvalue weighted by atomic mass is 32.2. The van der Waals surface area contributed by atoms with Crippen molar-refractivity contribution < 1.29 is 22.0 Å². The van der Waals surface area contributed by atoms with Gasteiger partial charge in [-0.05, 0) is 67.6 Å². The van der Waals surface area contributed by atoms with Gasteiger partial charge in [0.2, 0.25) is 15.9 Å². The van der Waals surface area contributed by atoms with Gasteiger partial charge in [0.25, 0.3) is 0 Å². The van der Waals surface area contributed by atoms with Gasteiger partial charge >= 0.3 is 0 Å². The Hall–Kier alpha value is -2.32. The molecule has 0 bridgehead atoms. The number of rotatable bonds is 6. The van der Waals surface area contributed by atoms with Crippen LogP contribution in [-0.2, 0) is 14.8 Å². The fraction of sp³-hybridized carbons (Fsp3) is 0.350. The van der Waals surface area contributed by atoms with Crippen LogP contribution in [0.3, 0.4) is 0 Å². The number of nitrogens with zero attached hydrogens (tertiary/aromatic N) is 1. The van der Waals surface area contributed by atoms with E-state index in [9.17, 15) is 22.0 Å². The third-order valence-corrected chi connectivity index (χ3v) is 6.83. The molecule has 0 spiro atoms. The van der Waals surface area contributed by atoms with E-state index < -0.39 is 21.7 Å². The summed E-state index contributed by atoms with van der Waals surface area (Å²) in [6.45, 7) is 0.742. The maximum Gasteiger partial charge on any atom is 0.243 e. The molecule has 28 heavy (non-hydrogen) atoms. The van der Waals surface area contributed by atoms with E-state index in [-0.39, 0.29) is 16.7 Å². The van der Waals surface area contributed by atoms with Crippen LogP contribution < -0.4 is 5.32 Å². The molecule has 0 aromatic heterocycles. The molecule has 8 heteroatoms. The lowest BCUT2D eigenvalue weighted by Crippen LogP contribution is -2.38. The molecule has 1 N–H and O–H groups in total. The minimum atomic E-state index is -3.63. The van der Waals surface area contributed by atoms with Crippen molar-refractivity contribution in [1.29, 1.82) is 0 Å². The van der Waals surface area contributed by atoms with E-state index in [2.05, 4.69) is 5.32 Å². The highest BCUT2D eigenvalue weighted by Gasteiger charge is 2.29. The first-order valence-corrected chi connectivity index (χ1v) is 10.6. The maximum atomic E-state index is 13.1. The molecule has 1 fully saturated rings. The largest absolute Gasteiger partial charge is 0.326 e. The van der Waals surface area contributed by atoms with Crippen LogP contribution in [0, 0.1) is 17.6 Å². The summed E-state index contributed by atoms with van der Waals surface area (Å²) in [6.07, 6.45) is 2.26. The molecule has 0 aliphatic carbocycles. The van der Waals surface area contributed by atoms with Crippen molar-refractivity contribution in [2.75, 3.05) is 18.4 Å². The monoisotopic (exact) mass is 408 g/mol. The van der Waals surface area contributed by atoms with Crippen LogP contribution >= 0.6 is 0 Å². The van der Waals surface area contributed by atoms with Gasteiger partial charge in [0.05, 0.1) is 4.90 Å². The highest BCUT2D eigenvalue weighted by Crippen LogP contribution is 2.26. The Morgan fingerprint density at radius 1 is 1.04 bits per heavy atom. The molecule has 0 saturated carbocycles. The molecule has 2 aromatic carbocycles. The summed E-state index contributed by atoms with van der Waals surface area (Å²) in [5.41, 5.74) is 0.421. The second kappa shape index (κ2) is 8.79. The number of nitrogens with one attached hydrogen (secondary N) is 1. The van der Waals surface area contributed by atoms with Gasteiger partial charge in [-0.2, -0.15) is 4.31 Å². The van der Waals surface area contributed by atoms with E-state index in [1.165, 1.54) is 34.6 Å². The Kier molecular flexibility index (Phi) is 6.41. The summed E-state index contributed by atoms with van der Waals surface area (Å²) in [6, 6.07) is 10.5. The van der Waals surface area contributed by atoms with Crippen molar-refractivity contribution in [1.82, 2.24) is 4.31 Å². The zero-order valence-electron chi connectivity index (χ0n) is 15.3. The Labute approximate surface area is 163 Å². The normalized spacial score (nSPS) is 16.1. The van der Waals surface area contributed by atoms with Gasteiger partial charge in [0.15, 0.2) is 0 Å². The number of anilines is 1. The number of benzene rings is 2. The number of piperidine rings is 1. The number of carbonyl (C=O) groups excluding carboxylic acids is 1. The number of halogens is 2. The smallest absolute Gasteiger partial charge is 0.243 e. The number of hydrogen-bond acceptors (Lipinski definition) is 3. The molecule has 2 aromatic rings. The number of carbonyl (C=O) groups is 1. The van der Waals surface area contributed by atoms with Gasteiger partial charge in [0.1, 0.15) is 11.6 Å². The van der Waals surface area contributed by atoms with Crippen LogP contribution in [0.15, 0.2) is 53.4 Å². The van der Waals surface area contributed by atoms with Crippen LogP contribution in [0.4, 0.5) is 14.5 Å². The van der Waals surface area contributed by atoms with Crippen LogP contribution in [0.1, 0.15) is 25.7 Å². The van der Waals surface area contributed by atoms with Crippen LogP contribution in [-0.4, -0.2) is 31.7 Å². The Balaban J connectivity index is 1.47. The van der Waals surface area contributed by atoms with Gasteiger partial charge in [-0.3, -0.25) is 4.79 Å². The van der Waals surface area contributed by atoms with Gasteiger partial charge in [0, 0.05) is 25.2 Å². The van der Waals surface area contributed by atoms with Gasteiger partial charge in [-0.1, -0.05) is 6.07 Å².